The van der Waals surface area contributed by atoms with Crippen LogP contribution in [0.25, 0.3) is 0 Å². The second-order valence-corrected chi connectivity index (χ2v) is 5.34. The zero-order chi connectivity index (χ0) is 13.7. The van der Waals surface area contributed by atoms with Gasteiger partial charge in [-0.1, -0.05) is 31.0 Å². The largest absolute Gasteiger partial charge is 0.340 e. The van der Waals surface area contributed by atoms with E-state index in [0.29, 0.717) is 5.15 Å². The van der Waals surface area contributed by atoms with Crippen LogP contribution >= 0.6 is 23.4 Å². The number of nitrogens with zero attached hydrogens (tertiary/aromatic N) is 2. The Morgan fingerprint density at radius 3 is 2.89 bits per heavy atom. The van der Waals surface area contributed by atoms with Gasteiger partial charge in [-0.2, -0.15) is 0 Å². The van der Waals surface area contributed by atoms with Crippen molar-refractivity contribution < 1.29 is 0 Å². The van der Waals surface area contributed by atoms with Crippen molar-refractivity contribution in [2.75, 3.05) is 11.6 Å². The second-order valence-electron chi connectivity index (χ2n) is 4.10. The number of thioether (sulfide) groups is 1. The van der Waals surface area contributed by atoms with Gasteiger partial charge in [0.05, 0.1) is 0 Å². The van der Waals surface area contributed by atoms with E-state index in [1.165, 1.54) is 11.2 Å². The van der Waals surface area contributed by atoms with Crippen LogP contribution in [0.5, 0.6) is 0 Å². The molecule has 19 heavy (non-hydrogen) atoms. The van der Waals surface area contributed by atoms with Gasteiger partial charge in [0.1, 0.15) is 17.3 Å². The van der Waals surface area contributed by atoms with Gasteiger partial charge in [-0.25, -0.2) is 9.97 Å². The maximum atomic E-state index is 6.14. The standard InChI is InChI=1S/C14H16ClN3S/c1-3-5-12-13(15)16-9-17-14(12)18-10-6-4-7-11(8-10)19-2/h4,6-9H,3,5H2,1-2H3,(H,16,17,18). The average Bonchev–Trinajstić information content (AvgIpc) is 2.43. The topological polar surface area (TPSA) is 37.8 Å². The smallest absolute Gasteiger partial charge is 0.138 e. The summed E-state index contributed by atoms with van der Waals surface area (Å²) < 4.78 is 0. The molecular formula is C14H16ClN3S. The van der Waals surface area contributed by atoms with Gasteiger partial charge in [-0.3, -0.25) is 0 Å². The molecule has 0 unspecified atom stereocenters. The van der Waals surface area contributed by atoms with Crippen LogP contribution < -0.4 is 5.32 Å². The molecule has 0 amide bonds. The molecule has 100 valence electrons. The lowest BCUT2D eigenvalue weighted by molar-refractivity contribution is 0.904. The first-order chi connectivity index (χ1) is 9.24. The van der Waals surface area contributed by atoms with Crippen LogP contribution in [0.4, 0.5) is 11.5 Å². The van der Waals surface area contributed by atoms with Crippen LogP contribution in [0.1, 0.15) is 18.9 Å². The number of aromatic nitrogens is 2. The Hall–Kier alpha value is -1.26. The number of halogens is 1. The monoisotopic (exact) mass is 293 g/mol. The molecule has 0 saturated carbocycles. The molecule has 1 aromatic carbocycles. The van der Waals surface area contributed by atoms with Crippen molar-refractivity contribution in [1.82, 2.24) is 9.97 Å². The van der Waals surface area contributed by atoms with Crippen molar-refractivity contribution in [3.63, 3.8) is 0 Å². The highest BCUT2D eigenvalue weighted by atomic mass is 35.5. The van der Waals surface area contributed by atoms with Crippen molar-refractivity contribution in [2.45, 2.75) is 24.7 Å². The summed E-state index contributed by atoms with van der Waals surface area (Å²) in [6, 6.07) is 8.22. The molecule has 0 saturated heterocycles. The summed E-state index contributed by atoms with van der Waals surface area (Å²) >= 11 is 7.85. The molecular weight excluding hydrogens is 278 g/mol. The van der Waals surface area contributed by atoms with Crippen molar-refractivity contribution in [1.29, 1.82) is 0 Å². The average molecular weight is 294 g/mol. The van der Waals surface area contributed by atoms with Gasteiger partial charge in [0.25, 0.3) is 0 Å². The van der Waals surface area contributed by atoms with Gasteiger partial charge in [0.15, 0.2) is 0 Å². The predicted octanol–water partition coefficient (Wildman–Crippen LogP) is 4.55. The Kier molecular flexibility index (Phi) is 5.05. The Bertz CT molecular complexity index is 560. The van der Waals surface area contributed by atoms with E-state index in [4.69, 9.17) is 11.6 Å². The number of benzene rings is 1. The Morgan fingerprint density at radius 1 is 1.32 bits per heavy atom. The van der Waals surface area contributed by atoms with Crippen molar-refractivity contribution in [3.8, 4) is 0 Å². The molecule has 1 N–H and O–H groups in total. The molecule has 0 atom stereocenters. The maximum absolute atomic E-state index is 6.14. The van der Waals surface area contributed by atoms with Crippen LogP contribution in [0.3, 0.4) is 0 Å². The van der Waals surface area contributed by atoms with Crippen LogP contribution in [-0.2, 0) is 6.42 Å². The first-order valence-corrected chi connectivity index (χ1v) is 7.75. The van der Waals surface area contributed by atoms with Gasteiger partial charge in [0.2, 0.25) is 0 Å². The Balaban J connectivity index is 2.29. The van der Waals surface area contributed by atoms with E-state index >= 15 is 0 Å². The SMILES string of the molecule is CCCc1c(Cl)ncnc1Nc1cccc(SC)c1. The minimum atomic E-state index is 0.528. The molecule has 0 aliphatic rings. The van der Waals surface area contributed by atoms with Crippen molar-refractivity contribution in [3.05, 3.63) is 41.3 Å². The van der Waals surface area contributed by atoms with Crippen LogP contribution in [0.15, 0.2) is 35.5 Å². The van der Waals surface area contributed by atoms with Crippen LogP contribution in [0, 0.1) is 0 Å². The van der Waals surface area contributed by atoms with Gasteiger partial charge >= 0.3 is 0 Å². The normalized spacial score (nSPS) is 10.5. The number of hydrogen-bond acceptors (Lipinski definition) is 4. The molecule has 1 aromatic heterocycles. The van der Waals surface area contributed by atoms with Crippen molar-refractivity contribution >= 4 is 34.9 Å². The third kappa shape index (κ3) is 3.61. The highest BCUT2D eigenvalue weighted by Gasteiger charge is 2.09. The summed E-state index contributed by atoms with van der Waals surface area (Å²) in [5.41, 5.74) is 1.99. The summed E-state index contributed by atoms with van der Waals surface area (Å²) in [7, 11) is 0. The summed E-state index contributed by atoms with van der Waals surface area (Å²) in [5.74, 6) is 0.792. The van der Waals surface area contributed by atoms with Gasteiger partial charge < -0.3 is 5.32 Å². The number of nitrogens with one attached hydrogen (secondary N) is 1. The zero-order valence-corrected chi connectivity index (χ0v) is 12.6. The van der Waals surface area contributed by atoms with Gasteiger partial charge in [0, 0.05) is 16.1 Å². The number of anilines is 2. The summed E-state index contributed by atoms with van der Waals surface area (Å²) in [4.78, 5) is 9.55. The molecule has 0 aliphatic carbocycles. The first kappa shape index (κ1) is 14.2. The molecule has 0 fully saturated rings. The molecule has 2 rings (SSSR count). The lowest BCUT2D eigenvalue weighted by Crippen LogP contribution is -2.01. The number of hydrogen-bond donors (Lipinski definition) is 1. The van der Waals surface area contributed by atoms with E-state index in [1.807, 2.05) is 12.1 Å². The van der Waals surface area contributed by atoms with E-state index in [0.717, 1.165) is 29.9 Å². The fraction of sp³-hybridized carbons (Fsp3) is 0.286. The van der Waals surface area contributed by atoms with E-state index in [1.54, 1.807) is 11.8 Å². The summed E-state index contributed by atoms with van der Waals surface area (Å²) in [5, 5.41) is 3.85. The molecule has 2 aromatic rings. The van der Waals surface area contributed by atoms with E-state index in [2.05, 4.69) is 40.6 Å². The fourth-order valence-corrected chi connectivity index (χ4v) is 2.49. The number of rotatable bonds is 5. The molecule has 0 spiro atoms. The Morgan fingerprint density at radius 2 is 2.16 bits per heavy atom. The summed E-state index contributed by atoms with van der Waals surface area (Å²) in [6.07, 6.45) is 5.42. The molecule has 0 bridgehead atoms. The third-order valence-corrected chi connectivity index (χ3v) is 3.78. The molecule has 0 radical (unpaired) electrons. The molecule has 0 aliphatic heterocycles. The lowest BCUT2D eigenvalue weighted by atomic mass is 10.2. The van der Waals surface area contributed by atoms with E-state index in [-0.39, 0.29) is 0 Å². The van der Waals surface area contributed by atoms with Gasteiger partial charge in [-0.15, -0.1) is 11.8 Å². The maximum Gasteiger partial charge on any atom is 0.138 e. The van der Waals surface area contributed by atoms with Crippen LogP contribution in [-0.4, -0.2) is 16.2 Å². The minimum absolute atomic E-state index is 0.528. The zero-order valence-electron chi connectivity index (χ0n) is 11.0. The van der Waals surface area contributed by atoms with Crippen molar-refractivity contribution in [2.24, 2.45) is 0 Å². The highest BCUT2D eigenvalue weighted by molar-refractivity contribution is 7.98. The highest BCUT2D eigenvalue weighted by Crippen LogP contribution is 2.26. The Labute approximate surface area is 122 Å². The predicted molar refractivity (Wildman–Crippen MR) is 82.5 cm³/mol. The second kappa shape index (κ2) is 6.78. The fourth-order valence-electron chi connectivity index (χ4n) is 1.81. The third-order valence-electron chi connectivity index (χ3n) is 2.73. The molecule has 1 heterocycles. The van der Waals surface area contributed by atoms with E-state index in [9.17, 15) is 0 Å². The lowest BCUT2D eigenvalue weighted by Gasteiger charge is -2.11. The van der Waals surface area contributed by atoms with Crippen LogP contribution in [0.2, 0.25) is 5.15 Å². The summed E-state index contributed by atoms with van der Waals surface area (Å²) in [6.45, 7) is 2.11. The molecule has 5 heteroatoms. The molecule has 3 nitrogen and oxygen atoms in total. The van der Waals surface area contributed by atoms with Gasteiger partial charge in [-0.05, 0) is 30.9 Å². The minimum Gasteiger partial charge on any atom is -0.340 e. The quantitative estimate of drug-likeness (QED) is 0.648. The van der Waals surface area contributed by atoms with E-state index < -0.39 is 0 Å². The first-order valence-electron chi connectivity index (χ1n) is 6.15.